The van der Waals surface area contributed by atoms with Crippen LogP contribution in [0.2, 0.25) is 0 Å². The van der Waals surface area contributed by atoms with Gasteiger partial charge in [0, 0.05) is 31.9 Å². The van der Waals surface area contributed by atoms with Gasteiger partial charge in [0.15, 0.2) is 0 Å². The molecule has 1 aromatic rings. The molecule has 0 spiro atoms. The third kappa shape index (κ3) is 4.01. The number of hydrogen-bond acceptors (Lipinski definition) is 3. The highest BCUT2D eigenvalue weighted by molar-refractivity contribution is 6.01. The second-order valence-electron chi connectivity index (χ2n) is 5.96. The minimum atomic E-state index is -0.448. The number of carbonyl (C=O) groups excluding carboxylic acids is 3. The van der Waals surface area contributed by atoms with E-state index < -0.39 is 6.04 Å². The number of hydrogen-bond donors (Lipinski definition) is 1. The van der Waals surface area contributed by atoms with Gasteiger partial charge in [0.05, 0.1) is 0 Å². The molecule has 2 rings (SSSR count). The van der Waals surface area contributed by atoms with E-state index in [1.165, 1.54) is 11.0 Å². The number of anilines is 1. The van der Waals surface area contributed by atoms with Crippen molar-refractivity contribution in [3.63, 3.8) is 0 Å². The SMILES string of the molecule is C=CC(=O)Nc1cccc(C(=O)N(C)C2CCCCN(C)C2=O)c1. The van der Waals surface area contributed by atoms with E-state index in [9.17, 15) is 14.4 Å². The van der Waals surface area contributed by atoms with Gasteiger partial charge in [-0.25, -0.2) is 0 Å². The normalized spacial score (nSPS) is 17.8. The summed E-state index contributed by atoms with van der Waals surface area (Å²) in [7, 11) is 3.42. The summed E-state index contributed by atoms with van der Waals surface area (Å²) >= 11 is 0. The third-order valence-corrected chi connectivity index (χ3v) is 4.23. The quantitative estimate of drug-likeness (QED) is 0.858. The zero-order valence-electron chi connectivity index (χ0n) is 14.1. The molecule has 1 atom stereocenters. The summed E-state index contributed by atoms with van der Waals surface area (Å²) in [5.41, 5.74) is 0.947. The van der Waals surface area contributed by atoms with Crippen molar-refractivity contribution < 1.29 is 14.4 Å². The molecule has 1 heterocycles. The summed E-state index contributed by atoms with van der Waals surface area (Å²) in [5, 5.41) is 2.63. The molecule has 1 aliphatic heterocycles. The van der Waals surface area contributed by atoms with Crippen LogP contribution >= 0.6 is 0 Å². The highest BCUT2D eigenvalue weighted by Crippen LogP contribution is 2.19. The summed E-state index contributed by atoms with van der Waals surface area (Å²) in [5.74, 6) is -0.605. The number of nitrogens with zero attached hydrogens (tertiary/aromatic N) is 2. The lowest BCUT2D eigenvalue weighted by atomic mass is 10.1. The fourth-order valence-corrected chi connectivity index (χ4v) is 2.80. The Kier molecular flexibility index (Phi) is 5.73. The van der Waals surface area contributed by atoms with Crippen LogP contribution in [0, 0.1) is 0 Å². The number of amides is 3. The first-order chi connectivity index (χ1) is 11.4. The number of benzene rings is 1. The second-order valence-corrected chi connectivity index (χ2v) is 5.96. The molecule has 0 aliphatic carbocycles. The molecule has 1 saturated heterocycles. The Balaban J connectivity index is 2.18. The van der Waals surface area contributed by atoms with Gasteiger partial charge in [-0.15, -0.1) is 0 Å². The van der Waals surface area contributed by atoms with Crippen molar-refractivity contribution in [2.24, 2.45) is 0 Å². The predicted molar refractivity (Wildman–Crippen MR) is 92.6 cm³/mol. The van der Waals surface area contributed by atoms with Crippen LogP contribution in [0.25, 0.3) is 0 Å². The van der Waals surface area contributed by atoms with E-state index in [1.807, 2.05) is 0 Å². The van der Waals surface area contributed by atoms with Crippen molar-refractivity contribution in [2.75, 3.05) is 26.0 Å². The molecular weight excluding hydrogens is 306 g/mol. The van der Waals surface area contributed by atoms with Gasteiger partial charge in [0.2, 0.25) is 11.8 Å². The Bertz CT molecular complexity index is 657. The van der Waals surface area contributed by atoms with E-state index >= 15 is 0 Å². The maximum Gasteiger partial charge on any atom is 0.254 e. The summed E-state index contributed by atoms with van der Waals surface area (Å²) in [6, 6.07) is 6.22. The van der Waals surface area contributed by atoms with Gasteiger partial charge in [-0.2, -0.15) is 0 Å². The van der Waals surface area contributed by atoms with Crippen molar-refractivity contribution in [1.29, 1.82) is 0 Å². The largest absolute Gasteiger partial charge is 0.344 e. The number of carbonyl (C=O) groups is 3. The first-order valence-corrected chi connectivity index (χ1v) is 7.99. The Hall–Kier alpha value is -2.63. The average Bonchev–Trinajstić information content (AvgIpc) is 2.75. The first-order valence-electron chi connectivity index (χ1n) is 7.99. The van der Waals surface area contributed by atoms with Gasteiger partial charge in [-0.05, 0) is 43.5 Å². The molecule has 1 fully saturated rings. The molecular formula is C18H23N3O3. The molecule has 0 radical (unpaired) electrons. The highest BCUT2D eigenvalue weighted by atomic mass is 16.2. The van der Waals surface area contributed by atoms with Crippen LogP contribution in [0.15, 0.2) is 36.9 Å². The highest BCUT2D eigenvalue weighted by Gasteiger charge is 2.31. The van der Waals surface area contributed by atoms with Crippen molar-refractivity contribution in [2.45, 2.75) is 25.3 Å². The molecule has 1 N–H and O–H groups in total. The topological polar surface area (TPSA) is 69.7 Å². The fraction of sp³-hybridized carbons (Fsp3) is 0.389. The Morgan fingerprint density at radius 2 is 2.12 bits per heavy atom. The molecule has 3 amide bonds. The second kappa shape index (κ2) is 7.77. The summed E-state index contributed by atoms with van der Waals surface area (Å²) < 4.78 is 0. The Morgan fingerprint density at radius 1 is 1.38 bits per heavy atom. The van der Waals surface area contributed by atoms with Gasteiger partial charge in [0.25, 0.3) is 5.91 Å². The van der Waals surface area contributed by atoms with Crippen LogP contribution < -0.4 is 5.32 Å². The van der Waals surface area contributed by atoms with E-state index in [0.717, 1.165) is 19.4 Å². The zero-order chi connectivity index (χ0) is 17.7. The van der Waals surface area contributed by atoms with Gasteiger partial charge < -0.3 is 15.1 Å². The lowest BCUT2D eigenvalue weighted by Gasteiger charge is -2.28. The standard InChI is InChI=1S/C18H23N3O3/c1-4-16(22)19-14-9-7-8-13(12-14)17(23)21(3)15-10-5-6-11-20(2)18(15)24/h4,7-9,12,15H,1,5-6,10-11H2,2-3H3,(H,19,22). The van der Waals surface area contributed by atoms with E-state index in [0.29, 0.717) is 17.7 Å². The lowest BCUT2D eigenvalue weighted by molar-refractivity contribution is -0.133. The Morgan fingerprint density at radius 3 is 2.83 bits per heavy atom. The molecule has 0 saturated carbocycles. The van der Waals surface area contributed by atoms with Crippen molar-refractivity contribution in [3.8, 4) is 0 Å². The van der Waals surface area contributed by atoms with E-state index in [4.69, 9.17) is 0 Å². The molecule has 0 bridgehead atoms. The zero-order valence-corrected chi connectivity index (χ0v) is 14.1. The van der Waals surface area contributed by atoms with Crippen LogP contribution in [0.3, 0.4) is 0 Å². The lowest BCUT2D eigenvalue weighted by Crippen LogP contribution is -2.47. The number of rotatable bonds is 4. The smallest absolute Gasteiger partial charge is 0.254 e. The van der Waals surface area contributed by atoms with E-state index in [2.05, 4.69) is 11.9 Å². The molecule has 128 valence electrons. The number of likely N-dealkylation sites (N-methyl/N-ethyl adjacent to an activating group) is 2. The molecule has 1 unspecified atom stereocenters. The van der Waals surface area contributed by atoms with Gasteiger partial charge in [-0.3, -0.25) is 14.4 Å². The summed E-state index contributed by atoms with van der Waals surface area (Å²) in [6.45, 7) is 4.12. The van der Waals surface area contributed by atoms with Gasteiger partial charge in [0.1, 0.15) is 6.04 Å². The van der Waals surface area contributed by atoms with Crippen LogP contribution in [-0.4, -0.2) is 54.2 Å². The van der Waals surface area contributed by atoms with Crippen LogP contribution in [0.1, 0.15) is 29.6 Å². The molecule has 1 aromatic carbocycles. The molecule has 6 nitrogen and oxygen atoms in total. The van der Waals surface area contributed by atoms with Gasteiger partial charge in [-0.1, -0.05) is 12.6 Å². The summed E-state index contributed by atoms with van der Waals surface area (Å²) in [4.78, 5) is 39.7. The van der Waals surface area contributed by atoms with E-state index in [-0.39, 0.29) is 17.7 Å². The van der Waals surface area contributed by atoms with Crippen LogP contribution in [0.5, 0.6) is 0 Å². The third-order valence-electron chi connectivity index (χ3n) is 4.23. The number of likely N-dealkylation sites (tertiary alicyclic amines) is 1. The molecule has 24 heavy (non-hydrogen) atoms. The minimum absolute atomic E-state index is 0.0283. The monoisotopic (exact) mass is 329 g/mol. The maximum absolute atomic E-state index is 12.7. The molecule has 1 aliphatic rings. The van der Waals surface area contributed by atoms with Crippen LogP contribution in [0.4, 0.5) is 5.69 Å². The summed E-state index contributed by atoms with van der Waals surface area (Å²) in [6.07, 6.45) is 3.69. The first kappa shape index (κ1) is 17.7. The van der Waals surface area contributed by atoms with Crippen LogP contribution in [-0.2, 0) is 9.59 Å². The maximum atomic E-state index is 12.7. The Labute approximate surface area is 142 Å². The molecule has 0 aromatic heterocycles. The van der Waals surface area contributed by atoms with Gasteiger partial charge >= 0.3 is 0 Å². The fourth-order valence-electron chi connectivity index (χ4n) is 2.80. The van der Waals surface area contributed by atoms with E-state index in [1.54, 1.807) is 43.3 Å². The van der Waals surface area contributed by atoms with Crippen molar-refractivity contribution in [3.05, 3.63) is 42.5 Å². The minimum Gasteiger partial charge on any atom is -0.344 e. The van der Waals surface area contributed by atoms with Crippen molar-refractivity contribution in [1.82, 2.24) is 9.80 Å². The molecule has 6 heteroatoms. The predicted octanol–water partition coefficient (Wildman–Crippen LogP) is 1.89. The van der Waals surface area contributed by atoms with Crippen molar-refractivity contribution >= 4 is 23.4 Å². The average molecular weight is 329 g/mol. The number of nitrogens with one attached hydrogen (secondary N) is 1.